The molecule has 3 aromatic rings. The fraction of sp³-hybridized carbons (Fsp3) is 0.190. The van der Waals surface area contributed by atoms with Crippen LogP contribution in [0, 0.1) is 12.7 Å². The van der Waals surface area contributed by atoms with Gasteiger partial charge in [-0.15, -0.1) is 0 Å². The molecule has 8 heteroatoms. The first-order valence-electron chi connectivity index (χ1n) is 9.06. The first-order valence-corrected chi connectivity index (χ1v) is 9.85. The van der Waals surface area contributed by atoms with Gasteiger partial charge in [-0.25, -0.2) is 4.39 Å². The Kier molecular flexibility index (Phi) is 5.44. The van der Waals surface area contributed by atoms with Gasteiger partial charge in [0.15, 0.2) is 5.82 Å². The zero-order valence-electron chi connectivity index (χ0n) is 15.6. The molecule has 1 amide bonds. The van der Waals surface area contributed by atoms with Crippen molar-refractivity contribution < 1.29 is 14.0 Å². The van der Waals surface area contributed by atoms with Crippen molar-refractivity contribution in [2.45, 2.75) is 26.0 Å². The lowest BCUT2D eigenvalue weighted by molar-refractivity contribution is -0.125. The van der Waals surface area contributed by atoms with Crippen molar-refractivity contribution in [2.75, 3.05) is 5.32 Å². The number of amides is 1. The summed E-state index contributed by atoms with van der Waals surface area (Å²) < 4.78 is 15.5. The summed E-state index contributed by atoms with van der Waals surface area (Å²) in [6, 6.07) is 14.1. The number of aryl methyl sites for hydroxylation is 1. The molecule has 0 spiro atoms. The van der Waals surface area contributed by atoms with E-state index in [1.165, 1.54) is 17.7 Å². The van der Waals surface area contributed by atoms with Crippen molar-refractivity contribution in [1.29, 1.82) is 0 Å². The van der Waals surface area contributed by atoms with Gasteiger partial charge in [-0.1, -0.05) is 47.1 Å². The Hall–Kier alpha value is -3.00. The van der Waals surface area contributed by atoms with Crippen LogP contribution in [0.15, 0.2) is 64.4 Å². The number of carbonyl (C=O) groups excluding carboxylic acids is 1. The third kappa shape index (κ3) is 4.54. The molecule has 0 fully saturated rings. The minimum atomic E-state index is -0.760. The Morgan fingerprint density at radius 2 is 1.97 bits per heavy atom. The maximum atomic E-state index is 13.1. The van der Waals surface area contributed by atoms with Crippen LogP contribution in [-0.4, -0.2) is 27.5 Å². The van der Waals surface area contributed by atoms with Crippen LogP contribution < -0.4 is 5.32 Å². The average molecular weight is 457 g/mol. The fourth-order valence-corrected chi connectivity index (χ4v) is 3.39. The normalized spacial score (nSPS) is 15.7. The van der Waals surface area contributed by atoms with E-state index in [-0.39, 0.29) is 11.7 Å². The lowest BCUT2D eigenvalue weighted by atomic mass is 10.0. The lowest BCUT2D eigenvalue weighted by Gasteiger charge is -2.08. The third-order valence-electron chi connectivity index (χ3n) is 4.56. The number of carbonyl (C=O) groups is 1. The molecule has 2 heterocycles. The molecule has 0 aliphatic carbocycles. The topological polar surface area (TPSA) is 68.5 Å². The van der Waals surface area contributed by atoms with Gasteiger partial charge in [0.25, 0.3) is 5.91 Å². The number of hydrogen-bond acceptors (Lipinski definition) is 4. The summed E-state index contributed by atoms with van der Waals surface area (Å²) >= 11 is 3.43. The highest BCUT2D eigenvalue weighted by molar-refractivity contribution is 9.10. The summed E-state index contributed by atoms with van der Waals surface area (Å²) in [7, 11) is 0. The van der Waals surface area contributed by atoms with Crippen LogP contribution in [0.25, 0.3) is 0 Å². The van der Waals surface area contributed by atoms with Gasteiger partial charge in [-0.05, 0) is 46.1 Å². The van der Waals surface area contributed by atoms with Crippen LogP contribution in [0.2, 0.25) is 0 Å². The summed E-state index contributed by atoms with van der Waals surface area (Å²) in [5.74, 6) is -0.248. The molecule has 1 atom stereocenters. The Bertz CT molecular complexity index is 1060. The van der Waals surface area contributed by atoms with Gasteiger partial charge < -0.3 is 10.2 Å². The monoisotopic (exact) mass is 456 g/mol. The molecule has 6 nitrogen and oxygen atoms in total. The van der Waals surface area contributed by atoms with Gasteiger partial charge >= 0.3 is 0 Å². The van der Waals surface area contributed by atoms with Crippen LogP contribution in [0.4, 0.5) is 10.2 Å². The largest absolute Gasteiger partial charge is 0.382 e. The molecule has 4 rings (SSSR count). The molecule has 1 unspecified atom stereocenters. The first-order chi connectivity index (χ1) is 14.0. The van der Waals surface area contributed by atoms with Crippen molar-refractivity contribution in [1.82, 2.24) is 9.78 Å². The molecular weight excluding hydrogens is 439 g/mol. The molecule has 1 aromatic heterocycles. The number of anilines is 1. The number of nitrogens with one attached hydrogen (secondary N) is 1. The molecule has 2 aromatic carbocycles. The Balaban J connectivity index is 1.38. The number of aromatic nitrogens is 2. The summed E-state index contributed by atoms with van der Waals surface area (Å²) in [6.45, 7) is 2.63. The van der Waals surface area contributed by atoms with Crippen LogP contribution >= 0.6 is 15.9 Å². The predicted octanol–water partition coefficient (Wildman–Crippen LogP) is 4.27. The smallest absolute Gasteiger partial charge is 0.269 e. The standard InChI is InChI=1S/C21H18BrFN4O2/c1-13-2-4-14(5-3-13)11-27-12-17(22)20(25-27)24-21(28)19-10-18(26-29-19)15-6-8-16(23)9-7-15/h2-9,12,19H,10-11H2,1H3,(H,24,25,28). The molecule has 1 N–H and O–H groups in total. The number of oxime groups is 1. The molecule has 0 saturated carbocycles. The number of nitrogens with zero attached hydrogens (tertiary/aromatic N) is 3. The maximum Gasteiger partial charge on any atom is 0.269 e. The van der Waals surface area contributed by atoms with E-state index in [0.717, 1.165) is 11.1 Å². The molecule has 29 heavy (non-hydrogen) atoms. The summed E-state index contributed by atoms with van der Waals surface area (Å²) in [5.41, 5.74) is 3.64. The van der Waals surface area contributed by atoms with E-state index in [1.54, 1.807) is 16.8 Å². The minimum Gasteiger partial charge on any atom is -0.382 e. The maximum absolute atomic E-state index is 13.1. The van der Waals surface area contributed by atoms with Gasteiger partial charge in [-0.3, -0.25) is 9.48 Å². The second kappa shape index (κ2) is 8.16. The van der Waals surface area contributed by atoms with Gasteiger partial charge in [-0.2, -0.15) is 5.10 Å². The van der Waals surface area contributed by atoms with Gasteiger partial charge in [0.05, 0.1) is 16.7 Å². The highest BCUT2D eigenvalue weighted by Gasteiger charge is 2.29. The second-order valence-corrected chi connectivity index (χ2v) is 7.70. The summed E-state index contributed by atoms with van der Waals surface area (Å²) in [4.78, 5) is 17.8. The van der Waals surface area contributed by atoms with Crippen molar-refractivity contribution in [3.05, 3.63) is 81.7 Å². The van der Waals surface area contributed by atoms with E-state index in [4.69, 9.17) is 4.84 Å². The van der Waals surface area contributed by atoms with E-state index in [2.05, 4.69) is 31.5 Å². The highest BCUT2D eigenvalue weighted by atomic mass is 79.9. The van der Waals surface area contributed by atoms with E-state index in [0.29, 0.717) is 29.0 Å². The zero-order chi connectivity index (χ0) is 20.4. The summed E-state index contributed by atoms with van der Waals surface area (Å²) in [5, 5.41) is 11.2. The quantitative estimate of drug-likeness (QED) is 0.622. The first kappa shape index (κ1) is 19.3. The SMILES string of the molecule is Cc1ccc(Cn2cc(Br)c(NC(=O)C3CC(c4ccc(F)cc4)=NO3)n2)cc1. The average Bonchev–Trinajstić information content (AvgIpc) is 3.32. The second-order valence-electron chi connectivity index (χ2n) is 6.84. The number of halogens is 2. The van der Waals surface area contributed by atoms with Crippen LogP contribution in [0.1, 0.15) is 23.1 Å². The van der Waals surface area contributed by atoms with Crippen LogP contribution in [0.3, 0.4) is 0 Å². The zero-order valence-corrected chi connectivity index (χ0v) is 17.2. The van der Waals surface area contributed by atoms with Crippen molar-refractivity contribution in [3.63, 3.8) is 0 Å². The van der Waals surface area contributed by atoms with Crippen molar-refractivity contribution in [2.24, 2.45) is 5.16 Å². The Morgan fingerprint density at radius 3 is 2.69 bits per heavy atom. The van der Waals surface area contributed by atoms with E-state index >= 15 is 0 Å². The number of hydrogen-bond donors (Lipinski definition) is 1. The summed E-state index contributed by atoms with van der Waals surface area (Å²) in [6.07, 6.45) is 1.36. The molecule has 0 saturated heterocycles. The molecule has 0 bridgehead atoms. The van der Waals surface area contributed by atoms with Gasteiger partial charge in [0, 0.05) is 12.6 Å². The lowest BCUT2D eigenvalue weighted by Crippen LogP contribution is -2.28. The fourth-order valence-electron chi connectivity index (χ4n) is 2.97. The van der Waals surface area contributed by atoms with Gasteiger partial charge in [0.2, 0.25) is 6.10 Å². The third-order valence-corrected chi connectivity index (χ3v) is 5.14. The Morgan fingerprint density at radius 1 is 1.24 bits per heavy atom. The van der Waals surface area contributed by atoms with E-state index in [1.807, 2.05) is 37.4 Å². The van der Waals surface area contributed by atoms with Crippen molar-refractivity contribution in [3.8, 4) is 0 Å². The van der Waals surface area contributed by atoms with Crippen molar-refractivity contribution >= 4 is 33.4 Å². The molecule has 1 aliphatic rings. The van der Waals surface area contributed by atoms with E-state index < -0.39 is 6.10 Å². The molecule has 148 valence electrons. The number of benzene rings is 2. The predicted molar refractivity (Wildman–Crippen MR) is 111 cm³/mol. The van der Waals surface area contributed by atoms with Crippen LogP contribution in [-0.2, 0) is 16.2 Å². The molecular formula is C21H18BrFN4O2. The molecule has 1 aliphatic heterocycles. The van der Waals surface area contributed by atoms with Gasteiger partial charge in [0.1, 0.15) is 5.82 Å². The van der Waals surface area contributed by atoms with E-state index in [9.17, 15) is 9.18 Å². The Labute approximate surface area is 175 Å². The highest BCUT2D eigenvalue weighted by Crippen LogP contribution is 2.23. The number of rotatable bonds is 5. The van der Waals surface area contributed by atoms with Crippen LogP contribution in [0.5, 0.6) is 0 Å². The molecule has 0 radical (unpaired) electrons. The minimum absolute atomic E-state index is 0.305.